The van der Waals surface area contributed by atoms with Crippen molar-refractivity contribution in [3.63, 3.8) is 0 Å². The Morgan fingerprint density at radius 3 is 2.45 bits per heavy atom. The fourth-order valence-corrected chi connectivity index (χ4v) is 7.37. The fourth-order valence-electron chi connectivity index (χ4n) is 7.37. The van der Waals surface area contributed by atoms with Gasteiger partial charge in [0.1, 0.15) is 11.4 Å². The molecule has 0 radical (unpaired) electrons. The van der Waals surface area contributed by atoms with E-state index in [1.54, 1.807) is 11.7 Å². The molecule has 40 heavy (non-hydrogen) atoms. The minimum absolute atomic E-state index is 0.274. The van der Waals surface area contributed by atoms with Gasteiger partial charge in [-0.2, -0.15) is 5.26 Å². The minimum atomic E-state index is -0.574. The summed E-state index contributed by atoms with van der Waals surface area (Å²) in [4.78, 5) is 15.7. The third kappa shape index (κ3) is 5.01. The minimum Gasteiger partial charge on any atom is -0.496 e. The van der Waals surface area contributed by atoms with Crippen molar-refractivity contribution in [2.24, 2.45) is 17.3 Å². The van der Waals surface area contributed by atoms with Gasteiger partial charge in [-0.3, -0.25) is 9.47 Å². The number of rotatable bonds is 5. The molecule has 0 bridgehead atoms. The van der Waals surface area contributed by atoms with Crippen LogP contribution in [0.2, 0.25) is 0 Å². The third-order valence-electron chi connectivity index (χ3n) is 9.50. The van der Waals surface area contributed by atoms with Crippen molar-refractivity contribution in [3.8, 4) is 11.8 Å². The number of ether oxygens (including phenoxy) is 2. The van der Waals surface area contributed by atoms with Gasteiger partial charge in [-0.25, -0.2) is 4.79 Å². The Morgan fingerprint density at radius 2 is 1.82 bits per heavy atom. The van der Waals surface area contributed by atoms with E-state index < -0.39 is 5.60 Å². The molecule has 1 aliphatic heterocycles. The Morgan fingerprint density at radius 1 is 1.10 bits per heavy atom. The first kappa shape index (κ1) is 26.9. The summed E-state index contributed by atoms with van der Waals surface area (Å²) in [5.41, 5.74) is 4.80. The maximum absolute atomic E-state index is 13.1. The number of aryl methyl sites for hydroxylation is 1. The van der Waals surface area contributed by atoms with Crippen LogP contribution >= 0.6 is 0 Å². The van der Waals surface area contributed by atoms with Crippen molar-refractivity contribution in [3.05, 3.63) is 64.8 Å². The van der Waals surface area contributed by atoms with Crippen molar-refractivity contribution < 1.29 is 14.3 Å². The van der Waals surface area contributed by atoms with Crippen molar-refractivity contribution in [1.29, 1.82) is 5.26 Å². The normalized spacial score (nSPS) is 25.0. The van der Waals surface area contributed by atoms with Crippen LogP contribution in [0.3, 0.4) is 0 Å². The van der Waals surface area contributed by atoms with Gasteiger partial charge in [0.05, 0.1) is 24.3 Å². The van der Waals surface area contributed by atoms with E-state index in [0.717, 1.165) is 59.1 Å². The van der Waals surface area contributed by atoms with Gasteiger partial charge in [0, 0.05) is 29.7 Å². The first-order valence-electron chi connectivity index (χ1n) is 14.7. The van der Waals surface area contributed by atoms with E-state index in [9.17, 15) is 10.1 Å². The van der Waals surface area contributed by atoms with Gasteiger partial charge in [0.2, 0.25) is 0 Å². The molecule has 0 unspecified atom stereocenters. The zero-order valence-corrected chi connectivity index (χ0v) is 24.5. The predicted octanol–water partition coefficient (Wildman–Crippen LogP) is 7.76. The van der Waals surface area contributed by atoms with E-state index in [-0.39, 0.29) is 12.1 Å². The Bertz CT molecular complexity index is 1460. The summed E-state index contributed by atoms with van der Waals surface area (Å²) >= 11 is 0. The second kappa shape index (κ2) is 9.96. The lowest BCUT2D eigenvalue weighted by atomic mass is 9.54. The average molecular weight is 540 g/mol. The number of methoxy groups -OCH3 is 1. The lowest BCUT2D eigenvalue weighted by Gasteiger charge is -2.55. The van der Waals surface area contributed by atoms with Crippen molar-refractivity contribution in [1.82, 2.24) is 9.47 Å². The van der Waals surface area contributed by atoms with Gasteiger partial charge in [-0.1, -0.05) is 12.1 Å². The van der Waals surface area contributed by atoms with Crippen LogP contribution in [0.15, 0.2) is 42.6 Å². The molecule has 1 saturated heterocycles. The largest absolute Gasteiger partial charge is 0.496 e. The summed E-state index contributed by atoms with van der Waals surface area (Å²) in [6, 6.07) is 14.8. The van der Waals surface area contributed by atoms with Crippen LogP contribution in [0.1, 0.15) is 87.6 Å². The molecular formula is C34H41N3O3. The van der Waals surface area contributed by atoms with E-state index in [1.165, 1.54) is 37.7 Å². The number of nitriles is 1. The SMILES string of the molecule is COc1cc(C)c2c(ccn2C(=O)OC(C)(C)C)c1CN1CCC2(CC(C3CC3)C2)C[C@H]1c1ccc(C#N)cc1. The number of nitrogens with zero attached hydrogens (tertiary/aromatic N) is 3. The molecule has 210 valence electrons. The van der Waals surface area contributed by atoms with Gasteiger partial charge >= 0.3 is 6.09 Å². The average Bonchev–Trinajstić information content (AvgIpc) is 3.64. The van der Waals surface area contributed by atoms with Crippen LogP contribution in [0.25, 0.3) is 10.9 Å². The summed E-state index contributed by atoms with van der Waals surface area (Å²) < 4.78 is 13.3. The number of aromatic nitrogens is 1. The van der Waals surface area contributed by atoms with Crippen LogP contribution in [-0.2, 0) is 11.3 Å². The number of benzene rings is 2. The molecule has 0 N–H and O–H groups in total. The molecule has 1 spiro atoms. The lowest BCUT2D eigenvalue weighted by molar-refractivity contribution is -0.0518. The lowest BCUT2D eigenvalue weighted by Crippen LogP contribution is -2.48. The molecular weight excluding hydrogens is 498 g/mol. The van der Waals surface area contributed by atoms with Crippen molar-refractivity contribution in [2.75, 3.05) is 13.7 Å². The number of piperidine rings is 1. The second-order valence-corrected chi connectivity index (χ2v) is 13.5. The third-order valence-corrected chi connectivity index (χ3v) is 9.50. The smallest absolute Gasteiger partial charge is 0.419 e. The molecule has 0 amide bonds. The van der Waals surface area contributed by atoms with E-state index in [4.69, 9.17) is 9.47 Å². The molecule has 3 fully saturated rings. The highest BCUT2D eigenvalue weighted by atomic mass is 16.6. The van der Waals surface area contributed by atoms with Gasteiger partial charge in [0.25, 0.3) is 0 Å². The van der Waals surface area contributed by atoms with Crippen LogP contribution < -0.4 is 4.74 Å². The fraction of sp³-hybridized carbons (Fsp3) is 0.529. The summed E-state index contributed by atoms with van der Waals surface area (Å²) in [6.07, 6.45) is 9.43. The monoisotopic (exact) mass is 539 g/mol. The Labute approximate surface area is 237 Å². The standard InChI is InChI=1S/C34H41N3O3/c1-22-16-30(39-5)28(27-12-14-37(31(22)27)32(38)40-33(2,3)4)21-36-15-13-34(17-26(18-34)24-10-11-24)19-29(36)25-8-6-23(20-35)7-9-25/h6-9,12,14,16,24,26,29H,10-11,13,15,17-19,21H2,1-5H3/t26?,29-,34?/m0/s1. The van der Waals surface area contributed by atoms with Crippen LogP contribution in [-0.4, -0.2) is 34.8 Å². The molecule has 6 nitrogen and oxygen atoms in total. The zero-order valence-electron chi connectivity index (χ0n) is 24.5. The second-order valence-electron chi connectivity index (χ2n) is 13.5. The number of hydrogen-bond donors (Lipinski definition) is 0. The highest BCUT2D eigenvalue weighted by Crippen LogP contribution is 2.62. The number of fused-ring (bicyclic) bond motifs is 1. The topological polar surface area (TPSA) is 67.5 Å². The van der Waals surface area contributed by atoms with Crippen LogP contribution in [0, 0.1) is 35.5 Å². The number of carbonyl (C=O) groups excluding carboxylic acids is 1. The molecule has 6 rings (SSSR count). The van der Waals surface area contributed by atoms with E-state index in [1.807, 2.05) is 58.2 Å². The zero-order chi connectivity index (χ0) is 28.2. The number of hydrogen-bond acceptors (Lipinski definition) is 5. The maximum Gasteiger partial charge on any atom is 0.419 e. The highest BCUT2D eigenvalue weighted by molar-refractivity contribution is 5.95. The molecule has 3 aromatic rings. The molecule has 1 atom stereocenters. The quantitative estimate of drug-likeness (QED) is 0.331. The molecule has 2 saturated carbocycles. The first-order chi connectivity index (χ1) is 19.1. The first-order valence-corrected chi connectivity index (χ1v) is 14.7. The predicted molar refractivity (Wildman–Crippen MR) is 156 cm³/mol. The molecule has 2 heterocycles. The maximum atomic E-state index is 13.1. The van der Waals surface area contributed by atoms with Gasteiger partial charge in [-0.05, 0) is 125 Å². The molecule has 3 aliphatic rings. The summed E-state index contributed by atoms with van der Waals surface area (Å²) in [5, 5.41) is 10.4. The molecule has 6 heteroatoms. The highest BCUT2D eigenvalue weighted by Gasteiger charge is 2.52. The number of likely N-dealkylation sites (tertiary alicyclic amines) is 1. The molecule has 2 aliphatic carbocycles. The molecule has 1 aromatic heterocycles. The Balaban J connectivity index is 1.34. The Hall–Kier alpha value is -3.30. The number of carbonyl (C=O) groups is 1. The van der Waals surface area contributed by atoms with Crippen molar-refractivity contribution >= 4 is 17.0 Å². The molecule has 2 aromatic carbocycles. The van der Waals surface area contributed by atoms with Crippen molar-refractivity contribution in [2.45, 2.75) is 84.4 Å². The van der Waals surface area contributed by atoms with E-state index in [0.29, 0.717) is 11.0 Å². The van der Waals surface area contributed by atoms with Gasteiger partial charge in [-0.15, -0.1) is 0 Å². The summed E-state index contributed by atoms with van der Waals surface area (Å²) in [7, 11) is 1.73. The van der Waals surface area contributed by atoms with E-state index >= 15 is 0 Å². The van der Waals surface area contributed by atoms with E-state index in [2.05, 4.69) is 23.1 Å². The van der Waals surface area contributed by atoms with Crippen LogP contribution in [0.4, 0.5) is 4.79 Å². The van der Waals surface area contributed by atoms with Gasteiger partial charge in [0.15, 0.2) is 0 Å². The summed E-state index contributed by atoms with van der Waals surface area (Å²) in [5.74, 6) is 2.76. The van der Waals surface area contributed by atoms with Crippen LogP contribution in [0.5, 0.6) is 5.75 Å². The Kier molecular flexibility index (Phi) is 6.70. The van der Waals surface area contributed by atoms with Gasteiger partial charge < -0.3 is 9.47 Å². The summed E-state index contributed by atoms with van der Waals surface area (Å²) in [6.45, 7) is 9.43.